The van der Waals surface area contributed by atoms with E-state index in [2.05, 4.69) is 31.1 Å². The predicted octanol–water partition coefficient (Wildman–Crippen LogP) is 2.34. The highest BCUT2D eigenvalue weighted by molar-refractivity contribution is 6.04. The van der Waals surface area contributed by atoms with Crippen molar-refractivity contribution in [2.45, 2.75) is 50.4 Å². The van der Waals surface area contributed by atoms with Crippen LogP contribution < -0.4 is 16.0 Å². The van der Waals surface area contributed by atoms with Crippen molar-refractivity contribution in [2.75, 3.05) is 0 Å². The largest absolute Gasteiger partial charge is 0.369 e. The van der Waals surface area contributed by atoms with E-state index < -0.39 is 6.43 Å². The molecule has 0 bridgehead atoms. The maximum atomic E-state index is 13.0. The zero-order valence-corrected chi connectivity index (χ0v) is 16.7. The molecule has 1 amide bonds. The van der Waals surface area contributed by atoms with Gasteiger partial charge in [0.1, 0.15) is 17.5 Å². The van der Waals surface area contributed by atoms with Crippen LogP contribution in [0.1, 0.15) is 36.0 Å². The van der Waals surface area contributed by atoms with Crippen LogP contribution >= 0.6 is 0 Å². The van der Waals surface area contributed by atoms with Crippen molar-refractivity contribution in [1.82, 2.24) is 36.0 Å². The number of alkyl halides is 2. The van der Waals surface area contributed by atoms with Crippen molar-refractivity contribution in [3.8, 4) is 0 Å². The minimum Gasteiger partial charge on any atom is -0.369 e. The number of rotatable bonds is 5. The number of hydrogen-bond acceptors (Lipinski definition) is 6. The van der Waals surface area contributed by atoms with Gasteiger partial charge in [-0.1, -0.05) is 6.08 Å². The van der Waals surface area contributed by atoms with E-state index in [0.29, 0.717) is 16.6 Å². The zero-order valence-electron chi connectivity index (χ0n) is 16.7. The van der Waals surface area contributed by atoms with Crippen LogP contribution in [0.3, 0.4) is 0 Å². The van der Waals surface area contributed by atoms with Gasteiger partial charge in [-0.3, -0.25) is 14.9 Å². The van der Waals surface area contributed by atoms with Gasteiger partial charge in [0.25, 0.3) is 12.3 Å². The minimum atomic E-state index is -2.53. The molecule has 0 aromatic carbocycles. The number of nitrogens with one attached hydrogen (secondary N) is 4. The molecule has 0 saturated heterocycles. The smallest absolute Gasteiger partial charge is 0.279 e. The van der Waals surface area contributed by atoms with Crippen LogP contribution in [0.5, 0.6) is 0 Å². The van der Waals surface area contributed by atoms with E-state index in [-0.39, 0.29) is 29.9 Å². The number of nitrogens with zero attached hydrogens (tertiary/aromatic N) is 3. The van der Waals surface area contributed by atoms with Crippen LogP contribution in [-0.4, -0.2) is 50.7 Å². The number of allylic oxidation sites excluding steroid dienone is 3. The highest BCUT2D eigenvalue weighted by Crippen LogP contribution is 2.26. The lowest BCUT2D eigenvalue weighted by Crippen LogP contribution is -2.46. The molecule has 1 aliphatic carbocycles. The summed E-state index contributed by atoms with van der Waals surface area (Å²) < 4.78 is 26.1. The number of H-pyrrole nitrogens is 1. The number of pyridine rings is 1. The summed E-state index contributed by atoms with van der Waals surface area (Å²) in [6.45, 7) is 0. The average molecular weight is 427 g/mol. The van der Waals surface area contributed by atoms with E-state index in [9.17, 15) is 13.6 Å². The number of fused-ring (bicyclic) bond motifs is 2. The Morgan fingerprint density at radius 2 is 2.03 bits per heavy atom. The highest BCUT2D eigenvalue weighted by atomic mass is 19.3. The fourth-order valence-corrected chi connectivity index (χ4v) is 4.34. The van der Waals surface area contributed by atoms with Crippen LogP contribution in [0.15, 0.2) is 54.4 Å². The third-order valence-corrected chi connectivity index (χ3v) is 5.96. The predicted molar refractivity (Wildman–Crippen MR) is 111 cm³/mol. The van der Waals surface area contributed by atoms with E-state index in [1.165, 1.54) is 6.20 Å². The summed E-state index contributed by atoms with van der Waals surface area (Å²) in [5.74, 6) is 0.672. The summed E-state index contributed by atoms with van der Waals surface area (Å²) in [5.41, 5.74) is 1.76. The first-order chi connectivity index (χ1) is 15.1. The van der Waals surface area contributed by atoms with Crippen molar-refractivity contribution < 1.29 is 13.6 Å². The monoisotopic (exact) mass is 427 g/mol. The standard InChI is InChI=1S/C21H23F2N7O/c22-20(23)16-11-30-17(2-1-3-18(30)28-16)26-12-4-6-13(7-5-12)27-21(31)14-8-9-24-15-10-25-29-19(14)15/h1-3,8-13,18,20,26,28H,4-7H2,(H,25,29)(H,27,31). The molecule has 1 atom stereocenters. The summed E-state index contributed by atoms with van der Waals surface area (Å²) in [5, 5.41) is 16.2. The molecule has 31 heavy (non-hydrogen) atoms. The molecule has 5 rings (SSSR count). The molecule has 3 aliphatic rings. The van der Waals surface area contributed by atoms with E-state index in [1.54, 1.807) is 23.4 Å². The summed E-state index contributed by atoms with van der Waals surface area (Å²) in [6.07, 6.45) is 10.9. The van der Waals surface area contributed by atoms with Crippen LogP contribution in [0.25, 0.3) is 11.0 Å². The summed E-state index contributed by atoms with van der Waals surface area (Å²) in [4.78, 5) is 18.7. The minimum absolute atomic E-state index is 0.0712. The second kappa shape index (κ2) is 8.01. The number of amides is 1. The SMILES string of the molecule is O=C(NC1CCC(NC2=CC=CC3NC(C(F)F)=CN23)CC1)c1ccnc2cn[nH]c12. The zero-order chi connectivity index (χ0) is 21.4. The van der Waals surface area contributed by atoms with Gasteiger partial charge in [0.05, 0.1) is 23.0 Å². The van der Waals surface area contributed by atoms with E-state index in [0.717, 1.165) is 31.5 Å². The second-order valence-electron chi connectivity index (χ2n) is 7.97. The highest BCUT2D eigenvalue weighted by Gasteiger charge is 2.31. The van der Waals surface area contributed by atoms with Gasteiger partial charge in [0, 0.05) is 24.5 Å². The number of carbonyl (C=O) groups is 1. The number of aromatic amines is 1. The first-order valence-electron chi connectivity index (χ1n) is 10.4. The molecule has 0 radical (unpaired) electrons. The molecular formula is C21H23F2N7O. The number of halogens is 2. The van der Waals surface area contributed by atoms with Crippen LogP contribution in [0.2, 0.25) is 0 Å². The first-order valence-corrected chi connectivity index (χ1v) is 10.4. The van der Waals surface area contributed by atoms with Gasteiger partial charge in [-0.25, -0.2) is 8.78 Å². The van der Waals surface area contributed by atoms with Gasteiger partial charge in [-0.05, 0) is 43.9 Å². The van der Waals surface area contributed by atoms with Crippen molar-refractivity contribution in [1.29, 1.82) is 0 Å². The number of hydrogen-bond donors (Lipinski definition) is 4. The maximum Gasteiger partial charge on any atom is 0.279 e. The first kappa shape index (κ1) is 19.5. The Bertz CT molecular complexity index is 1070. The third-order valence-electron chi connectivity index (χ3n) is 5.96. The van der Waals surface area contributed by atoms with E-state index in [4.69, 9.17) is 0 Å². The Hall–Kier alpha value is -3.43. The lowest BCUT2D eigenvalue weighted by atomic mass is 9.91. The quantitative estimate of drug-likeness (QED) is 0.585. The molecule has 8 nitrogen and oxygen atoms in total. The van der Waals surface area contributed by atoms with Gasteiger partial charge in [0.2, 0.25) is 0 Å². The maximum absolute atomic E-state index is 13.0. The molecule has 0 spiro atoms. The molecule has 2 aliphatic heterocycles. The lowest BCUT2D eigenvalue weighted by Gasteiger charge is -2.35. The summed E-state index contributed by atoms with van der Waals surface area (Å²) in [7, 11) is 0. The van der Waals surface area contributed by atoms with Gasteiger partial charge >= 0.3 is 0 Å². The Kier molecular flexibility index (Phi) is 5.05. The summed E-state index contributed by atoms with van der Waals surface area (Å²) in [6, 6.07) is 1.99. The second-order valence-corrected chi connectivity index (χ2v) is 7.97. The molecule has 1 fully saturated rings. The van der Waals surface area contributed by atoms with E-state index >= 15 is 0 Å². The van der Waals surface area contributed by atoms with Gasteiger partial charge in [-0.15, -0.1) is 0 Å². The van der Waals surface area contributed by atoms with Crippen LogP contribution in [0, 0.1) is 0 Å². The van der Waals surface area contributed by atoms with Crippen LogP contribution in [-0.2, 0) is 0 Å². The van der Waals surface area contributed by atoms with Crippen molar-refractivity contribution in [3.63, 3.8) is 0 Å². The Morgan fingerprint density at radius 3 is 2.84 bits per heavy atom. The van der Waals surface area contributed by atoms with Crippen molar-refractivity contribution in [2.24, 2.45) is 0 Å². The molecule has 4 heterocycles. The van der Waals surface area contributed by atoms with Crippen molar-refractivity contribution in [3.05, 3.63) is 60.0 Å². The Balaban J connectivity index is 1.17. The molecule has 10 heteroatoms. The third kappa shape index (κ3) is 3.85. The molecule has 1 unspecified atom stereocenters. The Morgan fingerprint density at radius 1 is 1.23 bits per heavy atom. The van der Waals surface area contributed by atoms with Gasteiger partial charge in [-0.2, -0.15) is 5.10 Å². The van der Waals surface area contributed by atoms with Crippen LogP contribution in [0.4, 0.5) is 8.78 Å². The lowest BCUT2D eigenvalue weighted by molar-refractivity contribution is 0.0925. The normalized spacial score (nSPS) is 25.1. The summed E-state index contributed by atoms with van der Waals surface area (Å²) >= 11 is 0. The number of carbonyl (C=O) groups excluding carboxylic acids is 1. The molecular weight excluding hydrogens is 404 g/mol. The molecule has 1 saturated carbocycles. The fourth-order valence-electron chi connectivity index (χ4n) is 4.34. The molecule has 4 N–H and O–H groups in total. The van der Waals surface area contributed by atoms with Crippen molar-refractivity contribution >= 4 is 16.9 Å². The fraction of sp³-hybridized carbons (Fsp3) is 0.381. The molecule has 2 aromatic heterocycles. The van der Waals surface area contributed by atoms with Gasteiger partial charge < -0.3 is 20.9 Å². The van der Waals surface area contributed by atoms with E-state index in [1.807, 2.05) is 18.2 Å². The topological polar surface area (TPSA) is 98.0 Å². The number of aromatic nitrogens is 3. The Labute approximate surface area is 177 Å². The molecule has 2 aromatic rings. The van der Waals surface area contributed by atoms with Gasteiger partial charge in [0.15, 0.2) is 0 Å². The average Bonchev–Trinajstić information content (AvgIpc) is 3.42. The molecule has 162 valence electrons.